The van der Waals surface area contributed by atoms with Gasteiger partial charge in [-0.1, -0.05) is 51.4 Å². The Hall–Kier alpha value is -3.11. The van der Waals surface area contributed by atoms with Gasteiger partial charge < -0.3 is 44.3 Å². The standard InChI is InChI=1S/C37H62N2O12S/c40-34(38-18-9-8-13-31(27-35(41)42)39(28-36(43)44)29-37(45)46)30-51-33-16-14-32(15-17-33)50-21-12-20-48-23-25-49-24-22-47-19-10-6-4-2-1-3-5-7-11-26-52/h14-17,31,52H,1-13,18-30H2,(H,38,40)(H,41,42)(H,43,44)(H,45,46). The molecule has 0 aliphatic heterocycles. The van der Waals surface area contributed by atoms with Gasteiger partial charge in [-0.05, 0) is 55.7 Å². The summed E-state index contributed by atoms with van der Waals surface area (Å²) in [5.74, 6) is -1.80. The molecule has 0 bridgehead atoms. The minimum Gasteiger partial charge on any atom is -0.494 e. The first-order valence-electron chi connectivity index (χ1n) is 18.6. The van der Waals surface area contributed by atoms with Gasteiger partial charge in [0.25, 0.3) is 5.91 Å². The molecule has 14 nitrogen and oxygen atoms in total. The summed E-state index contributed by atoms with van der Waals surface area (Å²) < 4.78 is 28.1. The Labute approximate surface area is 314 Å². The monoisotopic (exact) mass is 758 g/mol. The summed E-state index contributed by atoms with van der Waals surface area (Å²) in [6.07, 6.45) is 13.1. The average Bonchev–Trinajstić information content (AvgIpc) is 3.10. The number of amides is 1. The van der Waals surface area contributed by atoms with Crippen molar-refractivity contribution < 1.29 is 58.2 Å². The number of benzene rings is 1. The second-order valence-corrected chi connectivity index (χ2v) is 12.9. The molecule has 0 aliphatic carbocycles. The maximum absolute atomic E-state index is 12.2. The van der Waals surface area contributed by atoms with Gasteiger partial charge in [0.1, 0.15) is 11.5 Å². The fourth-order valence-corrected chi connectivity index (χ4v) is 5.51. The first-order chi connectivity index (χ1) is 25.2. The zero-order valence-corrected chi connectivity index (χ0v) is 31.6. The Morgan fingerprint density at radius 2 is 1.10 bits per heavy atom. The first-order valence-corrected chi connectivity index (χ1v) is 19.2. The Bertz CT molecular complexity index is 1060. The number of ether oxygens (including phenoxy) is 5. The average molecular weight is 759 g/mol. The molecule has 0 saturated carbocycles. The number of rotatable bonds is 37. The van der Waals surface area contributed by atoms with E-state index in [1.165, 1.54) is 51.4 Å². The highest BCUT2D eigenvalue weighted by molar-refractivity contribution is 7.80. The van der Waals surface area contributed by atoms with E-state index in [1.807, 2.05) is 0 Å². The van der Waals surface area contributed by atoms with Crippen molar-refractivity contribution in [2.24, 2.45) is 0 Å². The van der Waals surface area contributed by atoms with Crippen molar-refractivity contribution in [1.82, 2.24) is 10.2 Å². The summed E-state index contributed by atoms with van der Waals surface area (Å²) in [6, 6.07) is 6.16. The molecule has 1 rings (SSSR count). The van der Waals surface area contributed by atoms with Crippen LogP contribution in [0.25, 0.3) is 0 Å². The summed E-state index contributed by atoms with van der Waals surface area (Å²) in [5, 5.41) is 30.0. The molecule has 1 amide bonds. The number of carbonyl (C=O) groups is 4. The van der Waals surface area contributed by atoms with E-state index < -0.39 is 37.0 Å². The van der Waals surface area contributed by atoms with Crippen LogP contribution < -0.4 is 14.8 Å². The van der Waals surface area contributed by atoms with Crippen LogP contribution in [0, 0.1) is 0 Å². The number of carboxylic acids is 3. The van der Waals surface area contributed by atoms with Crippen molar-refractivity contribution >= 4 is 36.4 Å². The zero-order chi connectivity index (χ0) is 38.1. The van der Waals surface area contributed by atoms with Crippen LogP contribution in [0.4, 0.5) is 0 Å². The highest BCUT2D eigenvalue weighted by Gasteiger charge is 2.25. The van der Waals surface area contributed by atoms with Gasteiger partial charge in [0, 0.05) is 32.2 Å². The number of hydrogen-bond acceptors (Lipinski definition) is 11. The highest BCUT2D eigenvalue weighted by atomic mass is 32.1. The van der Waals surface area contributed by atoms with E-state index in [4.69, 9.17) is 33.9 Å². The number of nitrogens with zero attached hydrogens (tertiary/aromatic N) is 1. The van der Waals surface area contributed by atoms with E-state index in [-0.39, 0.29) is 25.4 Å². The third-order valence-electron chi connectivity index (χ3n) is 7.98. The van der Waals surface area contributed by atoms with E-state index in [0.29, 0.717) is 70.5 Å². The second kappa shape index (κ2) is 32.5. The summed E-state index contributed by atoms with van der Waals surface area (Å²) in [5.41, 5.74) is 0. The molecule has 0 saturated heterocycles. The minimum absolute atomic E-state index is 0.196. The fourth-order valence-electron chi connectivity index (χ4n) is 5.29. The number of nitrogens with one attached hydrogen (secondary N) is 1. The van der Waals surface area contributed by atoms with E-state index in [2.05, 4.69) is 17.9 Å². The van der Waals surface area contributed by atoms with Gasteiger partial charge in [0.2, 0.25) is 0 Å². The third kappa shape index (κ3) is 28.5. The van der Waals surface area contributed by atoms with Crippen LogP contribution >= 0.6 is 12.6 Å². The van der Waals surface area contributed by atoms with Crippen LogP contribution in [0.1, 0.15) is 89.9 Å². The van der Waals surface area contributed by atoms with Gasteiger partial charge in [-0.2, -0.15) is 12.6 Å². The maximum atomic E-state index is 12.2. The molecule has 0 aromatic heterocycles. The van der Waals surface area contributed by atoms with E-state index in [9.17, 15) is 24.3 Å². The fraction of sp³-hybridized carbons (Fsp3) is 0.730. The SMILES string of the molecule is O=C(O)CC(CCCCNC(=O)COc1ccc(OCCCOCCOCCOCCCCCCCCCCCS)cc1)N(CC(=O)O)CC(=O)O. The number of thiol groups is 1. The van der Waals surface area contributed by atoms with Crippen LogP contribution in [0.3, 0.4) is 0 Å². The summed E-state index contributed by atoms with van der Waals surface area (Å²) in [4.78, 5) is 46.8. The normalized spacial score (nSPS) is 11.7. The van der Waals surface area contributed by atoms with Crippen LogP contribution in [0.5, 0.6) is 11.5 Å². The maximum Gasteiger partial charge on any atom is 0.317 e. The van der Waals surface area contributed by atoms with Gasteiger partial charge >= 0.3 is 17.9 Å². The first kappa shape index (κ1) is 46.9. The molecule has 1 aromatic rings. The van der Waals surface area contributed by atoms with Crippen molar-refractivity contribution in [1.29, 1.82) is 0 Å². The van der Waals surface area contributed by atoms with E-state index >= 15 is 0 Å². The molecule has 0 heterocycles. The number of aliphatic carboxylic acids is 3. The van der Waals surface area contributed by atoms with Crippen molar-refractivity contribution in [3.63, 3.8) is 0 Å². The van der Waals surface area contributed by atoms with Crippen LogP contribution in [0.2, 0.25) is 0 Å². The summed E-state index contributed by atoms with van der Waals surface area (Å²) in [7, 11) is 0. The predicted octanol–water partition coefficient (Wildman–Crippen LogP) is 4.93. The zero-order valence-electron chi connectivity index (χ0n) is 30.7. The molecule has 52 heavy (non-hydrogen) atoms. The van der Waals surface area contributed by atoms with Gasteiger partial charge in [-0.3, -0.25) is 24.1 Å². The second-order valence-electron chi connectivity index (χ2n) is 12.5. The molecular weight excluding hydrogens is 696 g/mol. The van der Waals surface area contributed by atoms with Gasteiger partial charge in [-0.25, -0.2) is 0 Å². The van der Waals surface area contributed by atoms with Crippen molar-refractivity contribution in [2.75, 3.05) is 78.2 Å². The molecular formula is C37H62N2O12S. The largest absolute Gasteiger partial charge is 0.494 e. The minimum atomic E-state index is -1.24. The Kier molecular flexibility index (Phi) is 29.3. The highest BCUT2D eigenvalue weighted by Crippen LogP contribution is 2.18. The molecule has 0 fully saturated rings. The Balaban J connectivity index is 2.03. The van der Waals surface area contributed by atoms with Crippen LogP contribution in [-0.2, 0) is 33.4 Å². The van der Waals surface area contributed by atoms with Crippen molar-refractivity contribution in [2.45, 2.75) is 95.9 Å². The summed E-state index contributed by atoms with van der Waals surface area (Å²) in [6.45, 7) is 3.00. The summed E-state index contributed by atoms with van der Waals surface area (Å²) >= 11 is 4.25. The lowest BCUT2D eigenvalue weighted by Crippen LogP contribution is -2.43. The van der Waals surface area contributed by atoms with E-state index in [0.717, 1.165) is 30.1 Å². The molecule has 0 aliphatic rings. The smallest absolute Gasteiger partial charge is 0.317 e. The predicted molar refractivity (Wildman–Crippen MR) is 200 cm³/mol. The van der Waals surface area contributed by atoms with Crippen LogP contribution in [0.15, 0.2) is 24.3 Å². The quantitative estimate of drug-likeness (QED) is 0.0454. The molecule has 1 atom stereocenters. The molecule has 1 aromatic carbocycles. The number of carboxylic acid groups (broad SMARTS) is 3. The molecule has 15 heteroatoms. The molecule has 0 spiro atoms. The van der Waals surface area contributed by atoms with Crippen molar-refractivity contribution in [3.8, 4) is 11.5 Å². The third-order valence-corrected chi connectivity index (χ3v) is 8.29. The number of unbranched alkanes of at least 4 members (excludes halogenated alkanes) is 9. The lowest BCUT2D eigenvalue weighted by atomic mass is 10.0. The molecule has 298 valence electrons. The number of carbonyl (C=O) groups excluding carboxylic acids is 1. The topological polar surface area (TPSA) is 190 Å². The number of hydrogen-bond donors (Lipinski definition) is 5. The van der Waals surface area contributed by atoms with E-state index in [1.54, 1.807) is 24.3 Å². The lowest BCUT2D eigenvalue weighted by molar-refractivity contribution is -0.146. The van der Waals surface area contributed by atoms with Gasteiger partial charge in [0.05, 0.1) is 52.5 Å². The Morgan fingerprint density at radius 1 is 0.596 bits per heavy atom. The van der Waals surface area contributed by atoms with Gasteiger partial charge in [-0.15, -0.1) is 0 Å². The molecule has 0 radical (unpaired) electrons. The van der Waals surface area contributed by atoms with Crippen LogP contribution in [-0.4, -0.2) is 128 Å². The molecule has 1 unspecified atom stereocenters. The Morgan fingerprint density at radius 3 is 1.63 bits per heavy atom. The van der Waals surface area contributed by atoms with Crippen molar-refractivity contribution in [3.05, 3.63) is 24.3 Å². The molecule has 4 N–H and O–H groups in total. The lowest BCUT2D eigenvalue weighted by Gasteiger charge is -2.28. The van der Waals surface area contributed by atoms with Gasteiger partial charge in [0.15, 0.2) is 6.61 Å².